The lowest BCUT2D eigenvalue weighted by Crippen LogP contribution is -2.36. The third-order valence-corrected chi connectivity index (χ3v) is 6.09. The SMILES string of the molecule is O=C(NCC(O)C(O)c1ccc(Br)c(F)c1)OCC1c2ccccc2-c2ccccc21. The summed E-state index contributed by atoms with van der Waals surface area (Å²) >= 11 is 3.04. The van der Waals surface area contributed by atoms with Gasteiger partial charge in [-0.3, -0.25) is 0 Å². The van der Waals surface area contributed by atoms with Gasteiger partial charge < -0.3 is 20.3 Å². The summed E-state index contributed by atoms with van der Waals surface area (Å²) in [4.78, 5) is 12.2. The van der Waals surface area contributed by atoms with Crippen LogP contribution in [-0.4, -0.2) is 35.6 Å². The van der Waals surface area contributed by atoms with Crippen LogP contribution in [0.1, 0.15) is 28.7 Å². The van der Waals surface area contributed by atoms with E-state index in [2.05, 4.69) is 33.4 Å². The predicted octanol–water partition coefficient (Wildman–Crippen LogP) is 4.52. The maximum Gasteiger partial charge on any atom is 0.407 e. The second-order valence-corrected chi connectivity index (χ2v) is 8.25. The number of carbonyl (C=O) groups excluding carboxylic acids is 1. The molecule has 0 saturated carbocycles. The van der Waals surface area contributed by atoms with Crippen molar-refractivity contribution in [2.75, 3.05) is 13.2 Å². The second-order valence-electron chi connectivity index (χ2n) is 7.39. The van der Waals surface area contributed by atoms with Crippen LogP contribution in [0.15, 0.2) is 71.2 Å². The number of aliphatic hydroxyl groups excluding tert-OH is 2. The van der Waals surface area contributed by atoms with Crippen LogP contribution in [0.25, 0.3) is 11.1 Å². The van der Waals surface area contributed by atoms with Crippen LogP contribution in [0.5, 0.6) is 0 Å². The van der Waals surface area contributed by atoms with Gasteiger partial charge in [-0.25, -0.2) is 9.18 Å². The number of nitrogens with one attached hydrogen (secondary N) is 1. The molecule has 1 aliphatic rings. The molecule has 3 aromatic rings. The molecule has 0 fully saturated rings. The van der Waals surface area contributed by atoms with E-state index in [1.807, 2.05) is 36.4 Å². The molecule has 2 unspecified atom stereocenters. The Balaban J connectivity index is 1.34. The summed E-state index contributed by atoms with van der Waals surface area (Å²) < 4.78 is 19.3. The highest BCUT2D eigenvalue weighted by molar-refractivity contribution is 9.10. The van der Waals surface area contributed by atoms with Crippen LogP contribution < -0.4 is 5.32 Å². The van der Waals surface area contributed by atoms with Crippen molar-refractivity contribution in [2.24, 2.45) is 0 Å². The Labute approximate surface area is 187 Å². The molecule has 31 heavy (non-hydrogen) atoms. The first-order valence-electron chi connectivity index (χ1n) is 9.85. The minimum atomic E-state index is -1.35. The van der Waals surface area contributed by atoms with Crippen LogP contribution in [0.4, 0.5) is 9.18 Å². The van der Waals surface area contributed by atoms with E-state index in [0.717, 1.165) is 28.3 Å². The summed E-state index contributed by atoms with van der Waals surface area (Å²) in [6.07, 6.45) is -3.37. The van der Waals surface area contributed by atoms with Gasteiger partial charge in [-0.1, -0.05) is 54.6 Å². The molecular formula is C24H21BrFNO4. The zero-order chi connectivity index (χ0) is 22.0. The number of fused-ring (bicyclic) bond motifs is 3. The number of rotatable bonds is 6. The minimum Gasteiger partial charge on any atom is -0.449 e. The number of amides is 1. The third kappa shape index (κ3) is 4.49. The zero-order valence-electron chi connectivity index (χ0n) is 16.5. The lowest BCUT2D eigenvalue weighted by atomic mass is 9.98. The molecule has 4 rings (SSSR count). The second kappa shape index (κ2) is 9.18. The van der Waals surface area contributed by atoms with Crippen LogP contribution in [0.3, 0.4) is 0 Å². The van der Waals surface area contributed by atoms with Gasteiger partial charge in [0.05, 0.1) is 4.47 Å². The normalized spacial score (nSPS) is 14.5. The van der Waals surface area contributed by atoms with Crippen LogP contribution in [0, 0.1) is 5.82 Å². The molecule has 0 radical (unpaired) electrons. The molecule has 0 bridgehead atoms. The summed E-state index contributed by atoms with van der Waals surface area (Å²) in [6.45, 7) is -0.0913. The summed E-state index contributed by atoms with van der Waals surface area (Å²) in [7, 11) is 0. The number of hydrogen-bond donors (Lipinski definition) is 3. The van der Waals surface area contributed by atoms with Gasteiger partial charge in [-0.15, -0.1) is 0 Å². The molecule has 3 aromatic carbocycles. The summed E-state index contributed by atoms with van der Waals surface area (Å²) in [5, 5.41) is 22.8. The first-order valence-corrected chi connectivity index (χ1v) is 10.6. The van der Waals surface area contributed by atoms with E-state index in [1.54, 1.807) is 0 Å². The fourth-order valence-electron chi connectivity index (χ4n) is 3.87. The van der Waals surface area contributed by atoms with Crippen LogP contribution in [-0.2, 0) is 4.74 Å². The molecular weight excluding hydrogens is 465 g/mol. The number of hydrogen-bond acceptors (Lipinski definition) is 4. The van der Waals surface area contributed by atoms with Gasteiger partial charge in [0, 0.05) is 12.5 Å². The van der Waals surface area contributed by atoms with Crippen molar-refractivity contribution in [1.29, 1.82) is 0 Å². The Morgan fingerprint density at radius 1 is 1.03 bits per heavy atom. The maximum atomic E-state index is 13.6. The fraction of sp³-hybridized carbons (Fsp3) is 0.208. The van der Waals surface area contributed by atoms with E-state index in [9.17, 15) is 19.4 Å². The highest BCUT2D eigenvalue weighted by atomic mass is 79.9. The smallest absolute Gasteiger partial charge is 0.407 e. The van der Waals surface area contributed by atoms with Crippen molar-refractivity contribution in [1.82, 2.24) is 5.32 Å². The van der Waals surface area contributed by atoms with Gasteiger partial charge in [-0.05, 0) is 55.9 Å². The first kappa shape index (κ1) is 21.5. The van der Waals surface area contributed by atoms with E-state index < -0.39 is 24.1 Å². The molecule has 2 atom stereocenters. The van der Waals surface area contributed by atoms with Gasteiger partial charge in [0.25, 0.3) is 0 Å². The molecule has 0 saturated heterocycles. The molecule has 0 spiro atoms. The molecule has 7 heteroatoms. The van der Waals surface area contributed by atoms with Crippen molar-refractivity contribution in [3.63, 3.8) is 0 Å². The summed E-state index contributed by atoms with van der Waals surface area (Å²) in [5.41, 5.74) is 4.68. The van der Waals surface area contributed by atoms with Gasteiger partial charge >= 0.3 is 6.09 Å². The number of benzene rings is 3. The molecule has 5 nitrogen and oxygen atoms in total. The van der Waals surface area contributed by atoms with E-state index >= 15 is 0 Å². The van der Waals surface area contributed by atoms with Crippen molar-refractivity contribution >= 4 is 22.0 Å². The van der Waals surface area contributed by atoms with E-state index in [1.165, 1.54) is 12.1 Å². The third-order valence-electron chi connectivity index (χ3n) is 5.45. The van der Waals surface area contributed by atoms with E-state index in [4.69, 9.17) is 4.74 Å². The minimum absolute atomic E-state index is 0.0700. The summed E-state index contributed by atoms with van der Waals surface area (Å²) in [6, 6.07) is 20.1. The quantitative estimate of drug-likeness (QED) is 0.479. The number of ether oxygens (including phenoxy) is 1. The number of halogens is 2. The predicted molar refractivity (Wildman–Crippen MR) is 118 cm³/mol. The molecule has 160 valence electrons. The number of alkyl carbamates (subject to hydrolysis) is 1. The highest BCUT2D eigenvalue weighted by Gasteiger charge is 2.29. The standard InChI is InChI=1S/C24H21BrFNO4/c25-20-10-9-14(11-21(20)26)23(29)22(28)12-27-24(30)31-13-19-17-7-3-1-5-15(17)16-6-2-4-8-18(16)19/h1-11,19,22-23,28-29H,12-13H2,(H,27,30). The zero-order valence-corrected chi connectivity index (χ0v) is 18.0. The Hall–Kier alpha value is -2.74. The number of aliphatic hydroxyl groups is 2. The van der Waals surface area contributed by atoms with Crippen molar-refractivity contribution in [3.8, 4) is 11.1 Å². The molecule has 0 heterocycles. The molecule has 3 N–H and O–H groups in total. The molecule has 1 aliphatic carbocycles. The van der Waals surface area contributed by atoms with Gasteiger partial charge in [0.2, 0.25) is 0 Å². The largest absolute Gasteiger partial charge is 0.449 e. The Kier molecular flexibility index (Phi) is 6.36. The average molecular weight is 486 g/mol. The maximum absolute atomic E-state index is 13.6. The van der Waals surface area contributed by atoms with E-state index in [-0.39, 0.29) is 29.1 Å². The molecule has 1 amide bonds. The van der Waals surface area contributed by atoms with Crippen molar-refractivity contribution < 1.29 is 24.1 Å². The molecule has 0 aromatic heterocycles. The van der Waals surface area contributed by atoms with E-state index in [0.29, 0.717) is 0 Å². The Morgan fingerprint density at radius 2 is 1.65 bits per heavy atom. The topological polar surface area (TPSA) is 78.8 Å². The van der Waals surface area contributed by atoms with Crippen molar-refractivity contribution in [3.05, 3.63) is 93.7 Å². The lowest BCUT2D eigenvalue weighted by Gasteiger charge is -2.19. The van der Waals surface area contributed by atoms with Crippen LogP contribution in [0.2, 0.25) is 0 Å². The van der Waals surface area contributed by atoms with Crippen molar-refractivity contribution in [2.45, 2.75) is 18.1 Å². The van der Waals surface area contributed by atoms with Crippen LogP contribution >= 0.6 is 15.9 Å². The number of carbonyl (C=O) groups is 1. The monoisotopic (exact) mass is 485 g/mol. The van der Waals surface area contributed by atoms with Gasteiger partial charge in [-0.2, -0.15) is 0 Å². The van der Waals surface area contributed by atoms with Gasteiger partial charge in [0.15, 0.2) is 0 Å². The fourth-order valence-corrected chi connectivity index (χ4v) is 4.11. The highest BCUT2D eigenvalue weighted by Crippen LogP contribution is 2.44. The first-order chi connectivity index (χ1) is 15.0. The Bertz CT molecular complexity index is 1060. The average Bonchev–Trinajstić information content (AvgIpc) is 3.11. The summed E-state index contributed by atoms with van der Waals surface area (Å²) in [5.74, 6) is -0.618. The van der Waals surface area contributed by atoms with Gasteiger partial charge in [0.1, 0.15) is 24.6 Å². The Morgan fingerprint density at radius 3 is 2.26 bits per heavy atom. The lowest BCUT2D eigenvalue weighted by molar-refractivity contribution is 0.0184. The molecule has 0 aliphatic heterocycles.